The molecule has 29 heavy (non-hydrogen) atoms. The number of hydrogen-bond donors (Lipinski definition) is 0. The Kier molecular flexibility index (Phi) is 5.64. The number of methoxy groups -OCH3 is 1. The van der Waals surface area contributed by atoms with Crippen LogP contribution in [0.25, 0.3) is 0 Å². The number of piperidine rings is 3. The summed E-state index contributed by atoms with van der Waals surface area (Å²) < 4.78 is 32.9. The maximum atomic E-state index is 12.9. The molecule has 0 N–H and O–H groups in total. The van der Waals surface area contributed by atoms with Crippen molar-refractivity contribution in [2.75, 3.05) is 20.2 Å². The smallest absolute Gasteiger partial charge is 0.223 e. The second-order valence-electron chi connectivity index (χ2n) is 9.05. The Morgan fingerprint density at radius 3 is 2.69 bits per heavy atom. The molecule has 3 heterocycles. The number of amides is 1. The molecule has 4 atom stereocenters. The molecule has 1 aromatic rings. The normalized spacial score (nSPS) is 30.3. The topological polar surface area (TPSA) is 66.9 Å². The van der Waals surface area contributed by atoms with Crippen molar-refractivity contribution in [3.63, 3.8) is 0 Å². The predicted octanol–water partition coefficient (Wildman–Crippen LogP) is 2.68. The Labute approximate surface area is 174 Å². The molecule has 7 heteroatoms. The monoisotopic (exact) mass is 420 g/mol. The van der Waals surface area contributed by atoms with Gasteiger partial charge in [0.25, 0.3) is 0 Å². The fourth-order valence-electron chi connectivity index (χ4n) is 5.54. The highest BCUT2D eigenvalue weighted by atomic mass is 32.2. The number of ether oxygens (including phenoxy) is 1. The maximum Gasteiger partial charge on any atom is 0.223 e. The minimum absolute atomic E-state index is 0.0429. The number of fused-ring (bicyclic) bond motifs is 4. The second kappa shape index (κ2) is 7.91. The van der Waals surface area contributed by atoms with Gasteiger partial charge in [0.2, 0.25) is 15.9 Å². The minimum Gasteiger partial charge on any atom is -0.497 e. The molecule has 0 radical (unpaired) electrons. The number of carbonyl (C=O) groups excluding carboxylic acids is 1. The van der Waals surface area contributed by atoms with Gasteiger partial charge in [0.15, 0.2) is 0 Å². The average molecular weight is 421 g/mol. The second-order valence-corrected chi connectivity index (χ2v) is 11.5. The van der Waals surface area contributed by atoms with Crippen molar-refractivity contribution in [3.05, 3.63) is 29.8 Å². The van der Waals surface area contributed by atoms with E-state index in [9.17, 15) is 13.2 Å². The molecule has 0 spiro atoms. The van der Waals surface area contributed by atoms with Gasteiger partial charge in [-0.1, -0.05) is 12.1 Å². The molecule has 1 aromatic carbocycles. The summed E-state index contributed by atoms with van der Waals surface area (Å²) in [5.41, 5.74) is 1.13. The van der Waals surface area contributed by atoms with E-state index in [1.54, 1.807) is 25.3 Å². The van der Waals surface area contributed by atoms with Crippen LogP contribution < -0.4 is 4.74 Å². The zero-order chi connectivity index (χ0) is 20.8. The van der Waals surface area contributed by atoms with E-state index < -0.39 is 15.3 Å². The van der Waals surface area contributed by atoms with Crippen molar-refractivity contribution >= 4 is 15.9 Å². The van der Waals surface area contributed by atoms with Crippen LogP contribution in [-0.2, 0) is 21.2 Å². The molecule has 1 amide bonds. The van der Waals surface area contributed by atoms with Gasteiger partial charge >= 0.3 is 0 Å². The van der Waals surface area contributed by atoms with Gasteiger partial charge in [-0.15, -0.1) is 0 Å². The van der Waals surface area contributed by atoms with Crippen LogP contribution in [0.4, 0.5) is 0 Å². The zero-order valence-corrected chi connectivity index (χ0v) is 18.4. The van der Waals surface area contributed by atoms with Gasteiger partial charge in [0, 0.05) is 31.6 Å². The van der Waals surface area contributed by atoms with E-state index in [1.807, 2.05) is 18.2 Å². The molecule has 3 saturated heterocycles. The zero-order valence-electron chi connectivity index (χ0n) is 17.6. The number of sulfonamides is 1. The summed E-state index contributed by atoms with van der Waals surface area (Å²) in [7, 11) is -1.63. The fraction of sp³-hybridized carbons (Fsp3) is 0.682. The average Bonchev–Trinajstić information content (AvgIpc) is 2.71. The van der Waals surface area contributed by atoms with Crippen molar-refractivity contribution in [2.45, 2.75) is 63.3 Å². The third-order valence-electron chi connectivity index (χ3n) is 7.00. The van der Waals surface area contributed by atoms with E-state index >= 15 is 0 Å². The summed E-state index contributed by atoms with van der Waals surface area (Å²) >= 11 is 0. The molecule has 0 unspecified atom stereocenters. The van der Waals surface area contributed by atoms with Gasteiger partial charge in [0.1, 0.15) is 5.75 Å². The van der Waals surface area contributed by atoms with Crippen molar-refractivity contribution in [1.82, 2.24) is 9.21 Å². The molecule has 0 saturated carbocycles. The molecule has 3 aliphatic heterocycles. The number of rotatable bonds is 5. The third-order valence-corrected chi connectivity index (χ3v) is 9.21. The van der Waals surface area contributed by atoms with Gasteiger partial charge in [-0.05, 0) is 69.1 Å². The Balaban J connectivity index is 1.66. The molecule has 6 nitrogen and oxygen atoms in total. The van der Waals surface area contributed by atoms with Gasteiger partial charge in [-0.2, -0.15) is 0 Å². The van der Waals surface area contributed by atoms with Gasteiger partial charge in [-0.3, -0.25) is 4.79 Å². The number of hydrogen-bond acceptors (Lipinski definition) is 4. The predicted molar refractivity (Wildman–Crippen MR) is 112 cm³/mol. The Hall–Kier alpha value is -1.60. The number of carbonyl (C=O) groups is 1. The van der Waals surface area contributed by atoms with Crippen LogP contribution in [-0.4, -0.2) is 61.1 Å². The lowest BCUT2D eigenvalue weighted by atomic mass is 9.71. The first-order valence-electron chi connectivity index (χ1n) is 10.7. The number of benzene rings is 1. The summed E-state index contributed by atoms with van der Waals surface area (Å²) in [4.78, 5) is 15.1. The molecule has 2 bridgehead atoms. The molecule has 0 aromatic heterocycles. The first kappa shape index (κ1) is 20.7. The lowest BCUT2D eigenvalue weighted by Crippen LogP contribution is -2.66. The van der Waals surface area contributed by atoms with E-state index in [2.05, 4.69) is 11.0 Å². The highest BCUT2D eigenvalue weighted by Gasteiger charge is 2.51. The summed E-state index contributed by atoms with van der Waals surface area (Å²) in [5.74, 6) is 1.47. The number of nitrogens with zero attached hydrogens (tertiary/aromatic N) is 2. The summed E-state index contributed by atoms with van der Waals surface area (Å²) in [6.45, 7) is 4.58. The molecule has 4 rings (SSSR count). The third kappa shape index (κ3) is 3.79. The highest BCUT2D eigenvalue weighted by molar-refractivity contribution is 7.89. The van der Waals surface area contributed by atoms with Crippen molar-refractivity contribution in [2.24, 2.45) is 11.8 Å². The molecule has 0 aliphatic carbocycles. The SMILES string of the molecule is COc1cccc(C[C@H]2[C@H]3C[C@H](CN(S(=O)(=O)C(C)C)C3)[C@@H]3CCCC(=O)N32)c1. The minimum atomic E-state index is -3.29. The van der Waals surface area contributed by atoms with E-state index in [0.29, 0.717) is 19.5 Å². The van der Waals surface area contributed by atoms with Gasteiger partial charge in [-0.25, -0.2) is 12.7 Å². The van der Waals surface area contributed by atoms with Crippen LogP contribution in [0.15, 0.2) is 24.3 Å². The summed E-state index contributed by atoms with van der Waals surface area (Å²) in [5, 5.41) is -0.415. The highest BCUT2D eigenvalue weighted by Crippen LogP contribution is 2.43. The molecular formula is C22H32N2O4S. The fourth-order valence-corrected chi connectivity index (χ4v) is 6.94. The first-order valence-corrected chi connectivity index (χ1v) is 12.2. The Morgan fingerprint density at radius 1 is 1.21 bits per heavy atom. The van der Waals surface area contributed by atoms with Crippen LogP contribution in [0, 0.1) is 11.8 Å². The molecule has 3 fully saturated rings. The van der Waals surface area contributed by atoms with Crippen LogP contribution >= 0.6 is 0 Å². The summed E-state index contributed by atoms with van der Waals surface area (Å²) in [6, 6.07) is 8.21. The lowest BCUT2D eigenvalue weighted by molar-refractivity contribution is -0.150. The van der Waals surface area contributed by atoms with E-state index in [0.717, 1.165) is 37.0 Å². The quantitative estimate of drug-likeness (QED) is 0.735. The maximum absolute atomic E-state index is 12.9. The summed E-state index contributed by atoms with van der Waals surface area (Å²) in [6.07, 6.45) is 4.25. The van der Waals surface area contributed by atoms with Crippen LogP contribution in [0.1, 0.15) is 45.1 Å². The molecule has 160 valence electrons. The van der Waals surface area contributed by atoms with E-state index in [4.69, 9.17) is 4.74 Å². The largest absolute Gasteiger partial charge is 0.497 e. The lowest BCUT2D eigenvalue weighted by Gasteiger charge is -2.56. The van der Waals surface area contributed by atoms with Crippen LogP contribution in [0.2, 0.25) is 0 Å². The van der Waals surface area contributed by atoms with Crippen molar-refractivity contribution in [3.8, 4) is 5.75 Å². The van der Waals surface area contributed by atoms with Crippen LogP contribution in [0.5, 0.6) is 5.75 Å². The first-order chi connectivity index (χ1) is 13.8. The van der Waals surface area contributed by atoms with Crippen LogP contribution in [0.3, 0.4) is 0 Å². The Morgan fingerprint density at radius 2 is 1.97 bits per heavy atom. The standard InChI is InChI=1S/C22H32N2O4S/c1-15(2)29(26,27)23-13-17-12-18(14-23)21(24-20(17)8-5-9-22(24)25)11-16-6-4-7-19(10-16)28-3/h4,6-7,10,15,17-18,20-21H,5,8-9,11-14H2,1-3H3/t17-,18+,20+,21+/m1/s1. The van der Waals surface area contributed by atoms with Crippen molar-refractivity contribution in [1.29, 1.82) is 0 Å². The van der Waals surface area contributed by atoms with E-state index in [1.165, 1.54) is 0 Å². The molecule has 3 aliphatic rings. The van der Waals surface area contributed by atoms with E-state index in [-0.39, 0.29) is 29.8 Å². The van der Waals surface area contributed by atoms with Crippen molar-refractivity contribution < 1.29 is 17.9 Å². The Bertz CT molecular complexity index is 869. The van der Waals surface area contributed by atoms with Gasteiger partial charge in [0.05, 0.1) is 12.4 Å². The molecular weight excluding hydrogens is 388 g/mol. The van der Waals surface area contributed by atoms with Gasteiger partial charge < -0.3 is 9.64 Å².